The maximum Gasteiger partial charge on any atom is 0.257 e. The number of nitrogens with zero attached hydrogens (tertiary/aromatic N) is 1. The van der Waals surface area contributed by atoms with Crippen LogP contribution in [0.4, 0.5) is 5.69 Å². The number of anilines is 1. The minimum Gasteiger partial charge on any atom is -0.493 e. The molecule has 4 rings (SSSR count). The summed E-state index contributed by atoms with van der Waals surface area (Å²) < 4.78 is 7.34. The highest BCUT2D eigenvalue weighted by Gasteiger charge is 2.11. The smallest absolute Gasteiger partial charge is 0.257 e. The van der Waals surface area contributed by atoms with Gasteiger partial charge in [-0.15, -0.1) is 11.3 Å². The second-order valence-electron chi connectivity index (χ2n) is 6.55. The number of amides is 1. The number of hydrogen-bond acceptors (Lipinski definition) is 5. The molecule has 4 N–H and O–H groups in total. The van der Waals surface area contributed by atoms with Gasteiger partial charge in [-0.1, -0.05) is 12.1 Å². The number of fused-ring (bicyclic) bond motifs is 1. The molecular weight excluding hydrogens is 510 g/mol. The van der Waals surface area contributed by atoms with E-state index in [1.165, 1.54) is 0 Å². The highest BCUT2D eigenvalue weighted by Crippen LogP contribution is 2.30. The summed E-state index contributed by atoms with van der Waals surface area (Å²) >= 11 is 10.4. The summed E-state index contributed by atoms with van der Waals surface area (Å²) in [5.41, 5.74) is 3.28. The van der Waals surface area contributed by atoms with Crippen molar-refractivity contribution in [2.24, 2.45) is 0 Å². The van der Waals surface area contributed by atoms with Crippen molar-refractivity contribution in [3.8, 4) is 16.3 Å². The fraction of sp³-hybridized carbons (Fsp3) is 0.0870. The molecule has 0 bridgehead atoms. The Kier molecular flexibility index (Phi) is 7.92. The summed E-state index contributed by atoms with van der Waals surface area (Å²) in [5.74, 6) is 0.389. The van der Waals surface area contributed by atoms with E-state index in [-0.39, 0.29) is 16.5 Å². The number of nitrogens with one attached hydrogen (secondary N) is 2. The van der Waals surface area contributed by atoms with E-state index in [0.29, 0.717) is 22.4 Å². The average molecular weight is 530 g/mol. The number of ether oxygens (including phenoxy) is 1. The number of benzene rings is 3. The van der Waals surface area contributed by atoms with Gasteiger partial charge in [0.25, 0.3) is 5.91 Å². The minimum absolute atomic E-state index is 0. The van der Waals surface area contributed by atoms with Crippen molar-refractivity contribution < 1.29 is 15.0 Å². The Morgan fingerprint density at radius 1 is 1.12 bits per heavy atom. The van der Waals surface area contributed by atoms with Gasteiger partial charge >= 0.3 is 0 Å². The number of thiocarbonyl (C=S) groups is 1. The Labute approximate surface area is 203 Å². The molecule has 1 aromatic heterocycles. The van der Waals surface area contributed by atoms with Gasteiger partial charge < -0.3 is 15.5 Å². The van der Waals surface area contributed by atoms with Gasteiger partial charge in [-0.3, -0.25) is 10.1 Å². The molecule has 6 nitrogen and oxygen atoms in total. The first-order valence-electron chi connectivity index (χ1n) is 9.54. The van der Waals surface area contributed by atoms with Crippen molar-refractivity contribution in [2.45, 2.75) is 6.92 Å². The Morgan fingerprint density at radius 2 is 1.88 bits per heavy atom. The molecule has 0 unspecified atom stereocenters. The highest BCUT2D eigenvalue weighted by atomic mass is 79.9. The van der Waals surface area contributed by atoms with Crippen LogP contribution in [0.2, 0.25) is 0 Å². The number of rotatable bonds is 5. The number of aromatic nitrogens is 1. The van der Waals surface area contributed by atoms with Gasteiger partial charge in [0.05, 0.1) is 21.3 Å². The number of para-hydroxylation sites is 1. The van der Waals surface area contributed by atoms with E-state index >= 15 is 0 Å². The van der Waals surface area contributed by atoms with Crippen LogP contribution in [0.15, 0.2) is 71.2 Å². The Balaban J connectivity index is 0.00000289. The number of carbonyl (C=O) groups excluding carboxylic acids is 1. The Morgan fingerprint density at radius 3 is 2.56 bits per heavy atom. The lowest BCUT2D eigenvalue weighted by molar-refractivity contribution is 0.0977. The van der Waals surface area contributed by atoms with E-state index in [9.17, 15) is 4.79 Å². The van der Waals surface area contributed by atoms with Crippen LogP contribution in [-0.2, 0) is 0 Å². The molecular formula is C23H20BrN3O3S2. The first-order valence-corrected chi connectivity index (χ1v) is 11.6. The fourth-order valence-corrected chi connectivity index (χ4v) is 4.62. The number of hydrogen-bond donors (Lipinski definition) is 2. The third-order valence-electron chi connectivity index (χ3n) is 4.40. The molecule has 3 aromatic carbocycles. The summed E-state index contributed by atoms with van der Waals surface area (Å²) in [6, 6.07) is 21.0. The Hall–Kier alpha value is -2.85. The van der Waals surface area contributed by atoms with E-state index in [2.05, 4.69) is 37.6 Å². The molecule has 0 aliphatic rings. The predicted octanol–water partition coefficient (Wildman–Crippen LogP) is 5.43. The van der Waals surface area contributed by atoms with Crippen LogP contribution in [0.3, 0.4) is 0 Å². The average Bonchev–Trinajstić information content (AvgIpc) is 3.20. The van der Waals surface area contributed by atoms with Crippen LogP contribution in [-0.4, -0.2) is 28.1 Å². The van der Waals surface area contributed by atoms with Crippen molar-refractivity contribution in [2.75, 3.05) is 11.9 Å². The lowest BCUT2D eigenvalue weighted by atomic mass is 10.2. The molecule has 164 valence electrons. The normalized spacial score (nSPS) is 10.3. The zero-order chi connectivity index (χ0) is 21.8. The van der Waals surface area contributed by atoms with Crippen molar-refractivity contribution in [1.82, 2.24) is 10.3 Å². The van der Waals surface area contributed by atoms with Crippen LogP contribution < -0.4 is 15.4 Å². The Bertz CT molecular complexity index is 1230. The zero-order valence-electron chi connectivity index (χ0n) is 17.0. The summed E-state index contributed by atoms with van der Waals surface area (Å²) in [6.07, 6.45) is 0. The molecule has 4 aromatic rings. The van der Waals surface area contributed by atoms with Crippen LogP contribution >= 0.6 is 39.5 Å². The van der Waals surface area contributed by atoms with E-state index in [4.69, 9.17) is 17.0 Å². The first kappa shape index (κ1) is 23.8. The highest BCUT2D eigenvalue weighted by molar-refractivity contribution is 9.10. The van der Waals surface area contributed by atoms with Gasteiger partial charge in [-0.2, -0.15) is 0 Å². The molecule has 0 spiro atoms. The zero-order valence-corrected chi connectivity index (χ0v) is 20.2. The monoisotopic (exact) mass is 529 g/mol. The second-order valence-corrected chi connectivity index (χ2v) is 8.84. The molecule has 0 aliphatic heterocycles. The van der Waals surface area contributed by atoms with Gasteiger partial charge in [-0.05, 0) is 89.7 Å². The number of thiazole rings is 1. The molecule has 0 radical (unpaired) electrons. The third kappa shape index (κ3) is 5.49. The van der Waals surface area contributed by atoms with Gasteiger partial charge in [0.15, 0.2) is 5.11 Å². The molecule has 0 aliphatic carbocycles. The minimum atomic E-state index is -0.299. The second kappa shape index (κ2) is 10.6. The molecule has 32 heavy (non-hydrogen) atoms. The fourth-order valence-electron chi connectivity index (χ4n) is 2.94. The molecule has 0 saturated carbocycles. The molecule has 9 heteroatoms. The van der Waals surface area contributed by atoms with Crippen LogP contribution in [0, 0.1) is 0 Å². The molecule has 0 saturated heterocycles. The van der Waals surface area contributed by atoms with Crippen LogP contribution in [0.25, 0.3) is 20.8 Å². The maximum atomic E-state index is 12.5. The lowest BCUT2D eigenvalue weighted by Gasteiger charge is -2.11. The van der Waals surface area contributed by atoms with Crippen molar-refractivity contribution in [1.29, 1.82) is 0 Å². The van der Waals surface area contributed by atoms with Gasteiger partial charge in [0.2, 0.25) is 0 Å². The SMILES string of the molecule is CCOc1ccc(C(=O)NC(=S)Nc2ccc(-c3nc4ccccc4s3)cc2)cc1Br.O. The molecule has 1 amide bonds. The standard InChI is InChI=1S/C23H18BrN3O2S2.H2O/c1-2-29-19-12-9-15(13-17(19)24)21(28)27-23(30)25-16-10-7-14(8-11-16)22-26-18-5-3-4-6-20(18)31-22;/h3-13H,2H2,1H3,(H2,25,27,28,30);1H2. The van der Waals surface area contributed by atoms with Crippen LogP contribution in [0.1, 0.15) is 17.3 Å². The lowest BCUT2D eigenvalue weighted by Crippen LogP contribution is -2.34. The van der Waals surface area contributed by atoms with E-state index in [1.54, 1.807) is 29.5 Å². The third-order valence-corrected chi connectivity index (χ3v) is 6.31. The predicted molar refractivity (Wildman–Crippen MR) is 138 cm³/mol. The van der Waals surface area contributed by atoms with Crippen LogP contribution in [0.5, 0.6) is 5.75 Å². The van der Waals surface area contributed by atoms with Crippen molar-refractivity contribution >= 4 is 66.4 Å². The van der Waals surface area contributed by atoms with Gasteiger partial charge in [0.1, 0.15) is 10.8 Å². The summed E-state index contributed by atoms with van der Waals surface area (Å²) in [7, 11) is 0. The molecule has 0 atom stereocenters. The van der Waals surface area contributed by atoms with Crippen molar-refractivity contribution in [3.63, 3.8) is 0 Å². The quantitative estimate of drug-likeness (QED) is 0.336. The van der Waals surface area contributed by atoms with Gasteiger partial charge in [-0.25, -0.2) is 4.98 Å². The van der Waals surface area contributed by atoms with Gasteiger partial charge in [0, 0.05) is 16.8 Å². The summed E-state index contributed by atoms with van der Waals surface area (Å²) in [5, 5.41) is 6.92. The van der Waals surface area contributed by atoms with E-state index in [1.807, 2.05) is 49.4 Å². The van der Waals surface area contributed by atoms with E-state index in [0.717, 1.165) is 26.5 Å². The van der Waals surface area contributed by atoms with Crippen molar-refractivity contribution in [3.05, 3.63) is 76.8 Å². The topological polar surface area (TPSA) is 94.8 Å². The number of carbonyl (C=O) groups is 1. The molecule has 0 fully saturated rings. The first-order chi connectivity index (χ1) is 15.0. The molecule has 1 heterocycles. The summed E-state index contributed by atoms with van der Waals surface area (Å²) in [6.45, 7) is 2.46. The largest absolute Gasteiger partial charge is 0.493 e. The maximum absolute atomic E-state index is 12.5. The summed E-state index contributed by atoms with van der Waals surface area (Å²) in [4.78, 5) is 17.2. The van der Waals surface area contributed by atoms with E-state index < -0.39 is 0 Å². The number of halogens is 1.